The molecule has 0 aliphatic rings. The van der Waals surface area contributed by atoms with E-state index in [9.17, 15) is 14.0 Å². The lowest BCUT2D eigenvalue weighted by molar-refractivity contribution is -0.126. The van der Waals surface area contributed by atoms with Crippen LogP contribution in [0.2, 0.25) is 0 Å². The summed E-state index contributed by atoms with van der Waals surface area (Å²) in [6.07, 6.45) is 2.34. The van der Waals surface area contributed by atoms with E-state index in [1.54, 1.807) is 30.3 Å². The van der Waals surface area contributed by atoms with Crippen LogP contribution in [-0.4, -0.2) is 32.4 Å². The average Bonchev–Trinajstić information content (AvgIpc) is 3.12. The van der Waals surface area contributed by atoms with Gasteiger partial charge in [-0.15, -0.1) is 5.10 Å². The number of nitrogens with zero attached hydrogens (tertiary/aromatic N) is 3. The van der Waals surface area contributed by atoms with Crippen molar-refractivity contribution in [2.24, 2.45) is 5.92 Å². The van der Waals surface area contributed by atoms with Crippen LogP contribution in [0.15, 0.2) is 53.5 Å². The quantitative estimate of drug-likeness (QED) is 0.514. The zero-order valence-electron chi connectivity index (χ0n) is 16.7. The van der Waals surface area contributed by atoms with Crippen LogP contribution < -0.4 is 10.9 Å². The number of aromatic nitrogens is 4. The van der Waals surface area contributed by atoms with Crippen molar-refractivity contribution in [3.05, 3.63) is 70.4 Å². The molecule has 2 aromatic heterocycles. The molecule has 0 aliphatic carbocycles. The van der Waals surface area contributed by atoms with E-state index < -0.39 is 6.04 Å². The molecular formula is C22H22FN5O2. The Labute approximate surface area is 171 Å². The van der Waals surface area contributed by atoms with Gasteiger partial charge in [-0.05, 0) is 48.2 Å². The number of carbonyl (C=O) groups is 1. The second-order valence-corrected chi connectivity index (χ2v) is 7.59. The van der Waals surface area contributed by atoms with Crippen molar-refractivity contribution >= 4 is 27.7 Å². The number of H-pyrrole nitrogens is 1. The molecule has 0 aliphatic heterocycles. The predicted molar refractivity (Wildman–Crippen MR) is 113 cm³/mol. The Hall–Kier alpha value is -3.55. The third-order valence-corrected chi connectivity index (χ3v) is 5.18. The van der Waals surface area contributed by atoms with Crippen LogP contribution >= 0.6 is 0 Å². The standard InChI is InChI=1S/C22H22FN5O2/c1-13(2)20(28-22(30)16-5-3-4-6-19(16)26-27-28)21(29)24-10-9-14-12-25-18-8-7-15(23)11-17(14)18/h3-8,11-13,20,25H,9-10H2,1-2H3,(H,24,29). The number of amides is 1. The largest absolute Gasteiger partial charge is 0.361 e. The maximum atomic E-state index is 13.5. The van der Waals surface area contributed by atoms with Crippen LogP contribution in [0, 0.1) is 11.7 Å². The lowest BCUT2D eigenvalue weighted by Gasteiger charge is -2.21. The highest BCUT2D eigenvalue weighted by molar-refractivity contribution is 5.84. The summed E-state index contributed by atoms with van der Waals surface area (Å²) < 4.78 is 14.7. The topological polar surface area (TPSA) is 92.7 Å². The zero-order valence-corrected chi connectivity index (χ0v) is 16.7. The normalized spacial score (nSPS) is 12.5. The molecule has 0 bridgehead atoms. The molecule has 0 spiro atoms. The molecular weight excluding hydrogens is 385 g/mol. The first kappa shape index (κ1) is 19.8. The minimum atomic E-state index is -0.782. The van der Waals surface area contributed by atoms with Crippen LogP contribution in [0.4, 0.5) is 4.39 Å². The molecule has 4 aromatic rings. The molecule has 0 fully saturated rings. The summed E-state index contributed by atoms with van der Waals surface area (Å²) >= 11 is 0. The number of carbonyl (C=O) groups excluding carboxylic acids is 1. The number of hydrogen-bond acceptors (Lipinski definition) is 4. The van der Waals surface area contributed by atoms with Crippen molar-refractivity contribution in [3.8, 4) is 0 Å². The molecule has 0 saturated heterocycles. The fraction of sp³-hybridized carbons (Fsp3) is 0.273. The second-order valence-electron chi connectivity index (χ2n) is 7.59. The molecule has 4 rings (SSSR count). The van der Waals surface area contributed by atoms with Crippen LogP contribution in [0.3, 0.4) is 0 Å². The van der Waals surface area contributed by atoms with Gasteiger partial charge in [0.25, 0.3) is 5.56 Å². The van der Waals surface area contributed by atoms with E-state index in [1.807, 2.05) is 20.0 Å². The summed E-state index contributed by atoms with van der Waals surface area (Å²) in [7, 11) is 0. The molecule has 2 heterocycles. The molecule has 7 nitrogen and oxygen atoms in total. The number of benzene rings is 2. The number of hydrogen-bond donors (Lipinski definition) is 2. The van der Waals surface area contributed by atoms with E-state index in [2.05, 4.69) is 20.6 Å². The molecule has 8 heteroatoms. The first-order valence-corrected chi connectivity index (χ1v) is 9.83. The first-order chi connectivity index (χ1) is 14.5. The van der Waals surface area contributed by atoms with E-state index in [4.69, 9.17) is 0 Å². The van der Waals surface area contributed by atoms with E-state index in [-0.39, 0.29) is 23.2 Å². The van der Waals surface area contributed by atoms with Gasteiger partial charge in [-0.2, -0.15) is 4.68 Å². The maximum absolute atomic E-state index is 13.5. The van der Waals surface area contributed by atoms with Crippen LogP contribution in [0.25, 0.3) is 21.8 Å². The molecule has 0 radical (unpaired) electrons. The van der Waals surface area contributed by atoms with Crippen molar-refractivity contribution in [1.82, 2.24) is 25.3 Å². The summed E-state index contributed by atoms with van der Waals surface area (Å²) in [5.74, 6) is -0.774. The lowest BCUT2D eigenvalue weighted by Crippen LogP contribution is -2.42. The smallest absolute Gasteiger partial charge is 0.278 e. The van der Waals surface area contributed by atoms with Crippen LogP contribution in [0.5, 0.6) is 0 Å². The molecule has 2 aromatic carbocycles. The van der Waals surface area contributed by atoms with Gasteiger partial charge in [0, 0.05) is 23.6 Å². The molecule has 154 valence electrons. The van der Waals surface area contributed by atoms with E-state index in [1.165, 1.54) is 12.1 Å². The Kier molecular flexibility index (Phi) is 5.31. The van der Waals surface area contributed by atoms with Gasteiger partial charge < -0.3 is 10.3 Å². The minimum absolute atomic E-state index is 0.166. The second kappa shape index (κ2) is 8.06. The number of fused-ring (bicyclic) bond motifs is 2. The van der Waals surface area contributed by atoms with Crippen molar-refractivity contribution < 1.29 is 9.18 Å². The van der Waals surface area contributed by atoms with Crippen molar-refractivity contribution in [2.45, 2.75) is 26.3 Å². The highest BCUT2D eigenvalue weighted by Gasteiger charge is 2.27. The highest BCUT2D eigenvalue weighted by atomic mass is 19.1. The van der Waals surface area contributed by atoms with Crippen molar-refractivity contribution in [2.75, 3.05) is 6.54 Å². The van der Waals surface area contributed by atoms with Gasteiger partial charge in [-0.25, -0.2) is 4.39 Å². The van der Waals surface area contributed by atoms with Gasteiger partial charge in [-0.1, -0.05) is 31.2 Å². The van der Waals surface area contributed by atoms with Gasteiger partial charge >= 0.3 is 0 Å². The zero-order chi connectivity index (χ0) is 21.3. The molecule has 0 saturated carbocycles. The number of halogens is 1. The SMILES string of the molecule is CC(C)C(C(=O)NCCc1c[nH]c2ccc(F)cc12)n1nnc2ccccc2c1=O. The molecule has 1 atom stereocenters. The predicted octanol–water partition coefficient (Wildman–Crippen LogP) is 2.97. The summed E-state index contributed by atoms with van der Waals surface area (Å²) in [6.45, 7) is 4.06. The minimum Gasteiger partial charge on any atom is -0.361 e. The Balaban J connectivity index is 1.52. The fourth-order valence-electron chi connectivity index (χ4n) is 3.66. The summed E-state index contributed by atoms with van der Waals surface area (Å²) in [6, 6.07) is 10.7. The van der Waals surface area contributed by atoms with Gasteiger partial charge in [-0.3, -0.25) is 9.59 Å². The maximum Gasteiger partial charge on any atom is 0.278 e. The lowest BCUT2D eigenvalue weighted by atomic mass is 10.0. The molecule has 1 unspecified atom stereocenters. The Bertz CT molecular complexity index is 1280. The summed E-state index contributed by atoms with van der Waals surface area (Å²) in [5, 5.41) is 12.2. The van der Waals surface area contributed by atoms with E-state index in [0.29, 0.717) is 23.9 Å². The monoisotopic (exact) mass is 407 g/mol. The number of rotatable bonds is 6. The highest BCUT2D eigenvalue weighted by Crippen LogP contribution is 2.20. The van der Waals surface area contributed by atoms with Crippen LogP contribution in [-0.2, 0) is 11.2 Å². The molecule has 30 heavy (non-hydrogen) atoms. The Morgan fingerprint density at radius 1 is 1.20 bits per heavy atom. The Morgan fingerprint density at radius 3 is 2.80 bits per heavy atom. The van der Waals surface area contributed by atoms with Gasteiger partial charge in [0.2, 0.25) is 5.91 Å². The third kappa shape index (κ3) is 3.68. The van der Waals surface area contributed by atoms with Crippen molar-refractivity contribution in [1.29, 1.82) is 0 Å². The number of aromatic amines is 1. The van der Waals surface area contributed by atoms with Gasteiger partial charge in [0.1, 0.15) is 17.4 Å². The molecule has 2 N–H and O–H groups in total. The van der Waals surface area contributed by atoms with E-state index in [0.717, 1.165) is 21.1 Å². The fourth-order valence-corrected chi connectivity index (χ4v) is 3.66. The van der Waals surface area contributed by atoms with Gasteiger partial charge in [0.15, 0.2) is 0 Å². The van der Waals surface area contributed by atoms with Crippen molar-refractivity contribution in [3.63, 3.8) is 0 Å². The Morgan fingerprint density at radius 2 is 2.00 bits per heavy atom. The van der Waals surface area contributed by atoms with Gasteiger partial charge in [0.05, 0.1) is 5.39 Å². The summed E-state index contributed by atoms with van der Waals surface area (Å²) in [5.41, 5.74) is 1.90. The number of nitrogens with one attached hydrogen (secondary N) is 2. The van der Waals surface area contributed by atoms with E-state index >= 15 is 0 Å². The molecule has 1 amide bonds. The average molecular weight is 407 g/mol. The van der Waals surface area contributed by atoms with Crippen LogP contribution in [0.1, 0.15) is 25.5 Å². The third-order valence-electron chi connectivity index (χ3n) is 5.18. The summed E-state index contributed by atoms with van der Waals surface area (Å²) in [4.78, 5) is 28.9. The first-order valence-electron chi connectivity index (χ1n) is 9.83.